The molecule has 0 bridgehead atoms. The predicted molar refractivity (Wildman–Crippen MR) is 48.6 cm³/mol. The molecule has 0 saturated carbocycles. The summed E-state index contributed by atoms with van der Waals surface area (Å²) >= 11 is 0. The Morgan fingerprint density at radius 2 is 1.73 bits per heavy atom. The number of amides is 1. The first kappa shape index (κ1) is 14.0. The topological polar surface area (TPSA) is 32.8 Å². The van der Waals surface area contributed by atoms with E-state index < -0.39 is 18.9 Å². The van der Waals surface area contributed by atoms with Crippen LogP contribution >= 0.6 is 0 Å². The fourth-order valence-electron chi connectivity index (χ4n) is 0.695. The quantitative estimate of drug-likeness (QED) is 0.724. The summed E-state index contributed by atoms with van der Waals surface area (Å²) < 4.78 is 39.1. The molecule has 0 aliphatic heterocycles. The Labute approximate surface area is 86.6 Å². The lowest BCUT2D eigenvalue weighted by Gasteiger charge is -2.19. The highest BCUT2D eigenvalue weighted by molar-refractivity contribution is 5.67. The van der Waals surface area contributed by atoms with Gasteiger partial charge in [0.2, 0.25) is 0 Å². The van der Waals surface area contributed by atoms with Gasteiger partial charge in [0, 0.05) is 20.1 Å². The van der Waals surface area contributed by atoms with Gasteiger partial charge in [-0.1, -0.05) is 0 Å². The Hall–Kier alpha value is -0.980. The molecule has 0 aliphatic carbocycles. The first-order valence-corrected chi connectivity index (χ1v) is 4.32. The number of rotatable bonds is 4. The van der Waals surface area contributed by atoms with E-state index >= 15 is 0 Å². The lowest BCUT2D eigenvalue weighted by molar-refractivity contribution is -0.162. The van der Waals surface area contributed by atoms with E-state index in [2.05, 4.69) is 4.74 Å². The average Bonchev–Trinajstić information content (AvgIpc) is 2.08. The lowest BCUT2D eigenvalue weighted by Crippen LogP contribution is -2.35. The summed E-state index contributed by atoms with van der Waals surface area (Å²) in [6.07, 6.45) is -5.44. The van der Waals surface area contributed by atoms with E-state index in [0.29, 0.717) is 13.1 Å². The number of halogens is 3. The number of carbonyl (C=O) groups excluding carboxylic acids is 1. The lowest BCUT2D eigenvalue weighted by atomic mass is 10.5. The molecule has 1 amide bonds. The molecule has 0 heterocycles. The van der Waals surface area contributed by atoms with Crippen LogP contribution in [0.5, 0.6) is 0 Å². The molecular weight excluding hydrogens is 213 g/mol. The van der Waals surface area contributed by atoms with E-state index in [1.165, 1.54) is 7.05 Å². The summed E-state index contributed by atoms with van der Waals surface area (Å²) in [5.41, 5.74) is 0. The Kier molecular flexibility index (Phi) is 5.41. The molecule has 15 heavy (non-hydrogen) atoms. The predicted octanol–water partition coefficient (Wildman–Crippen LogP) is 1.18. The van der Waals surface area contributed by atoms with Crippen molar-refractivity contribution >= 4 is 6.09 Å². The molecule has 0 fully saturated rings. The monoisotopic (exact) mass is 228 g/mol. The number of hydrogen-bond acceptors (Lipinski definition) is 3. The van der Waals surface area contributed by atoms with Crippen molar-refractivity contribution in [2.75, 3.05) is 40.8 Å². The molecule has 0 rings (SSSR count). The van der Waals surface area contributed by atoms with E-state index in [1.54, 1.807) is 14.1 Å². The van der Waals surface area contributed by atoms with Crippen molar-refractivity contribution in [3.8, 4) is 0 Å². The van der Waals surface area contributed by atoms with Gasteiger partial charge in [0.05, 0.1) is 0 Å². The molecule has 0 aromatic heterocycles. The number of carbonyl (C=O) groups is 1. The normalized spacial score (nSPS) is 11.7. The van der Waals surface area contributed by atoms with Crippen LogP contribution in [-0.2, 0) is 4.74 Å². The second-order valence-electron chi connectivity index (χ2n) is 3.39. The van der Waals surface area contributed by atoms with Gasteiger partial charge < -0.3 is 14.5 Å². The Morgan fingerprint density at radius 3 is 2.13 bits per heavy atom. The maximum absolute atomic E-state index is 11.7. The van der Waals surface area contributed by atoms with Gasteiger partial charge in [0.25, 0.3) is 0 Å². The first-order valence-electron chi connectivity index (χ1n) is 4.32. The highest BCUT2D eigenvalue weighted by atomic mass is 19.4. The maximum Gasteiger partial charge on any atom is 0.422 e. The second kappa shape index (κ2) is 5.79. The fraction of sp³-hybridized carbons (Fsp3) is 0.875. The van der Waals surface area contributed by atoms with E-state index in [4.69, 9.17) is 0 Å². The van der Waals surface area contributed by atoms with Gasteiger partial charge in [0.15, 0.2) is 6.61 Å². The van der Waals surface area contributed by atoms with Gasteiger partial charge in [-0.05, 0) is 14.1 Å². The van der Waals surface area contributed by atoms with Crippen molar-refractivity contribution in [2.24, 2.45) is 0 Å². The van der Waals surface area contributed by atoms with Crippen LogP contribution in [0.15, 0.2) is 0 Å². The Morgan fingerprint density at radius 1 is 1.20 bits per heavy atom. The molecule has 90 valence electrons. The third-order valence-corrected chi connectivity index (χ3v) is 1.55. The van der Waals surface area contributed by atoms with Gasteiger partial charge in [-0.25, -0.2) is 4.79 Å². The summed E-state index contributed by atoms with van der Waals surface area (Å²) in [6.45, 7) is -0.653. The minimum atomic E-state index is -4.47. The Bertz CT molecular complexity index is 207. The molecule has 4 nitrogen and oxygen atoms in total. The highest BCUT2D eigenvalue weighted by Gasteiger charge is 2.30. The molecule has 0 aromatic carbocycles. The first-order chi connectivity index (χ1) is 6.72. The zero-order valence-electron chi connectivity index (χ0n) is 8.97. The molecule has 0 unspecified atom stereocenters. The fourth-order valence-corrected chi connectivity index (χ4v) is 0.695. The molecule has 0 aromatic rings. The van der Waals surface area contributed by atoms with Crippen molar-refractivity contribution in [2.45, 2.75) is 6.18 Å². The molecular formula is C8H15F3N2O2. The smallest absolute Gasteiger partial charge is 0.422 e. The summed E-state index contributed by atoms with van der Waals surface area (Å²) in [6, 6.07) is 0. The summed E-state index contributed by atoms with van der Waals surface area (Å²) in [5.74, 6) is 0. The van der Waals surface area contributed by atoms with Crippen molar-refractivity contribution in [1.82, 2.24) is 9.80 Å². The molecule has 0 N–H and O–H groups in total. The van der Waals surface area contributed by atoms with Gasteiger partial charge in [0.1, 0.15) is 0 Å². The van der Waals surface area contributed by atoms with Crippen LogP contribution in [0.2, 0.25) is 0 Å². The van der Waals surface area contributed by atoms with E-state index in [-0.39, 0.29) is 0 Å². The summed E-state index contributed by atoms with van der Waals surface area (Å²) in [5, 5.41) is 0. The number of hydrogen-bond donors (Lipinski definition) is 0. The van der Waals surface area contributed by atoms with Crippen molar-refractivity contribution in [3.05, 3.63) is 0 Å². The molecule has 0 radical (unpaired) electrons. The second-order valence-corrected chi connectivity index (χ2v) is 3.39. The number of ether oxygens (including phenoxy) is 1. The highest BCUT2D eigenvalue weighted by Crippen LogP contribution is 2.14. The van der Waals surface area contributed by atoms with Crippen LogP contribution in [0.1, 0.15) is 0 Å². The van der Waals surface area contributed by atoms with Crippen LogP contribution in [0.4, 0.5) is 18.0 Å². The van der Waals surface area contributed by atoms with Crippen LogP contribution < -0.4 is 0 Å². The van der Waals surface area contributed by atoms with Gasteiger partial charge in [-0.3, -0.25) is 0 Å². The van der Waals surface area contributed by atoms with Crippen LogP contribution in [0.3, 0.4) is 0 Å². The average molecular weight is 228 g/mol. The summed E-state index contributed by atoms with van der Waals surface area (Å²) in [7, 11) is 4.99. The number of nitrogens with zero attached hydrogens (tertiary/aromatic N) is 2. The van der Waals surface area contributed by atoms with Crippen molar-refractivity contribution < 1.29 is 22.7 Å². The molecule has 0 spiro atoms. The van der Waals surface area contributed by atoms with Crippen molar-refractivity contribution in [1.29, 1.82) is 0 Å². The minimum absolute atomic E-state index is 0.323. The molecule has 0 saturated heterocycles. The molecule has 0 atom stereocenters. The third kappa shape index (κ3) is 8.04. The standard InChI is InChI=1S/C8H15F3N2O2/c1-12(2)4-5-13(3)7(14)15-6-8(9,10)11/h4-6H2,1-3H3. The number of likely N-dealkylation sites (N-methyl/N-ethyl adjacent to an activating group) is 2. The van der Waals surface area contributed by atoms with Crippen molar-refractivity contribution in [3.63, 3.8) is 0 Å². The Balaban J connectivity index is 3.80. The molecule has 0 aliphatic rings. The van der Waals surface area contributed by atoms with E-state index in [0.717, 1.165) is 4.90 Å². The van der Waals surface area contributed by atoms with Crippen LogP contribution in [-0.4, -0.2) is 62.9 Å². The minimum Gasteiger partial charge on any atom is -0.440 e. The zero-order chi connectivity index (χ0) is 12.1. The third-order valence-electron chi connectivity index (χ3n) is 1.55. The van der Waals surface area contributed by atoms with Gasteiger partial charge in [-0.2, -0.15) is 13.2 Å². The molecule has 7 heteroatoms. The van der Waals surface area contributed by atoms with Gasteiger partial charge in [-0.15, -0.1) is 0 Å². The maximum atomic E-state index is 11.7. The SMILES string of the molecule is CN(C)CCN(C)C(=O)OCC(F)(F)F. The van der Waals surface area contributed by atoms with E-state index in [1.807, 2.05) is 4.90 Å². The summed E-state index contributed by atoms with van der Waals surface area (Å²) in [4.78, 5) is 13.9. The van der Waals surface area contributed by atoms with Gasteiger partial charge >= 0.3 is 12.3 Å². The van der Waals surface area contributed by atoms with Crippen LogP contribution in [0.25, 0.3) is 0 Å². The van der Waals surface area contributed by atoms with Crippen LogP contribution in [0, 0.1) is 0 Å². The van der Waals surface area contributed by atoms with E-state index in [9.17, 15) is 18.0 Å². The largest absolute Gasteiger partial charge is 0.440 e. The number of alkyl halides is 3. The zero-order valence-corrected chi connectivity index (χ0v) is 8.97.